The number of hydrogen-bond acceptors (Lipinski definition) is 3. The highest BCUT2D eigenvalue weighted by Crippen LogP contribution is 2.26. The lowest BCUT2D eigenvalue weighted by Gasteiger charge is -2.06. The van der Waals surface area contributed by atoms with Gasteiger partial charge in [-0.15, -0.1) is 0 Å². The highest BCUT2D eigenvalue weighted by molar-refractivity contribution is 6.28. The molecule has 0 spiro atoms. The van der Waals surface area contributed by atoms with Gasteiger partial charge in [0.2, 0.25) is 5.28 Å². The van der Waals surface area contributed by atoms with Gasteiger partial charge in [-0.05, 0) is 30.7 Å². The van der Waals surface area contributed by atoms with Crippen LogP contribution in [0.15, 0.2) is 42.6 Å². The molecule has 0 fully saturated rings. The third kappa shape index (κ3) is 1.93. The monoisotopic (exact) mass is 255 g/mol. The quantitative estimate of drug-likeness (QED) is 0.623. The summed E-state index contributed by atoms with van der Waals surface area (Å²) in [6, 6.07) is 11.9. The summed E-state index contributed by atoms with van der Waals surface area (Å²) in [5.74, 6) is 0. The minimum Gasteiger partial charge on any atom is -0.256 e. The van der Waals surface area contributed by atoms with E-state index in [1.54, 1.807) is 6.20 Å². The molecule has 4 heteroatoms. The highest BCUT2D eigenvalue weighted by Gasteiger charge is 2.07. The molecule has 3 aromatic rings. The largest absolute Gasteiger partial charge is 0.256 e. The van der Waals surface area contributed by atoms with Crippen molar-refractivity contribution in [3.05, 3.63) is 53.6 Å². The van der Waals surface area contributed by atoms with Crippen molar-refractivity contribution in [1.82, 2.24) is 15.0 Å². The van der Waals surface area contributed by atoms with E-state index in [9.17, 15) is 0 Å². The third-order valence-corrected chi connectivity index (χ3v) is 2.90. The van der Waals surface area contributed by atoms with E-state index in [-0.39, 0.29) is 5.28 Å². The third-order valence-electron chi connectivity index (χ3n) is 2.74. The molecule has 1 aromatic carbocycles. The van der Waals surface area contributed by atoms with Gasteiger partial charge in [-0.3, -0.25) is 4.98 Å². The lowest BCUT2D eigenvalue weighted by Crippen LogP contribution is -1.92. The van der Waals surface area contributed by atoms with Crippen LogP contribution >= 0.6 is 11.6 Å². The predicted octanol–water partition coefficient (Wildman–Crippen LogP) is 3.65. The standard InChI is InChI=1S/C14H10ClN3/c1-9-8-12(18-14(15)17-9)11-6-2-4-10-5-3-7-16-13(10)11/h2-8H,1H3. The second kappa shape index (κ2) is 4.35. The van der Waals surface area contributed by atoms with Gasteiger partial charge in [-0.2, -0.15) is 0 Å². The minimum atomic E-state index is 0.262. The Morgan fingerprint density at radius 2 is 1.89 bits per heavy atom. The summed E-state index contributed by atoms with van der Waals surface area (Å²) in [4.78, 5) is 12.8. The average Bonchev–Trinajstić information content (AvgIpc) is 2.37. The fourth-order valence-electron chi connectivity index (χ4n) is 1.98. The fourth-order valence-corrected chi connectivity index (χ4v) is 2.21. The van der Waals surface area contributed by atoms with E-state index in [4.69, 9.17) is 11.6 Å². The summed E-state index contributed by atoms with van der Waals surface area (Å²) in [6.45, 7) is 1.90. The molecule has 0 amide bonds. The number of para-hydroxylation sites is 1. The van der Waals surface area contributed by atoms with Crippen molar-refractivity contribution in [1.29, 1.82) is 0 Å². The maximum Gasteiger partial charge on any atom is 0.223 e. The summed E-state index contributed by atoms with van der Waals surface area (Å²) in [5.41, 5.74) is 3.55. The van der Waals surface area contributed by atoms with E-state index in [2.05, 4.69) is 15.0 Å². The maximum absolute atomic E-state index is 5.91. The minimum absolute atomic E-state index is 0.262. The number of nitrogens with zero attached hydrogens (tertiary/aromatic N) is 3. The zero-order chi connectivity index (χ0) is 12.5. The van der Waals surface area contributed by atoms with Crippen LogP contribution in [0, 0.1) is 6.92 Å². The Bertz CT molecular complexity index is 700. The van der Waals surface area contributed by atoms with Gasteiger partial charge < -0.3 is 0 Å². The van der Waals surface area contributed by atoms with E-state index >= 15 is 0 Å². The van der Waals surface area contributed by atoms with E-state index < -0.39 is 0 Å². The van der Waals surface area contributed by atoms with Crippen LogP contribution in [0.1, 0.15) is 5.69 Å². The fraction of sp³-hybridized carbons (Fsp3) is 0.0714. The summed E-state index contributed by atoms with van der Waals surface area (Å²) < 4.78 is 0. The number of fused-ring (bicyclic) bond motifs is 1. The van der Waals surface area contributed by atoms with E-state index in [1.165, 1.54) is 0 Å². The zero-order valence-electron chi connectivity index (χ0n) is 9.76. The molecule has 2 aromatic heterocycles. The molecule has 18 heavy (non-hydrogen) atoms. The molecule has 0 saturated heterocycles. The van der Waals surface area contributed by atoms with Crippen LogP contribution in [-0.2, 0) is 0 Å². The lowest BCUT2D eigenvalue weighted by atomic mass is 10.1. The van der Waals surface area contributed by atoms with Crippen molar-refractivity contribution in [3.8, 4) is 11.3 Å². The molecule has 88 valence electrons. The van der Waals surface area contributed by atoms with Crippen molar-refractivity contribution in [2.45, 2.75) is 6.92 Å². The lowest BCUT2D eigenvalue weighted by molar-refractivity contribution is 1.11. The summed E-state index contributed by atoms with van der Waals surface area (Å²) in [5, 5.41) is 1.35. The molecular weight excluding hydrogens is 246 g/mol. The summed E-state index contributed by atoms with van der Waals surface area (Å²) in [7, 11) is 0. The van der Waals surface area contributed by atoms with Crippen LogP contribution in [0.25, 0.3) is 22.2 Å². The summed E-state index contributed by atoms with van der Waals surface area (Å²) in [6.07, 6.45) is 1.78. The first kappa shape index (κ1) is 11.1. The first-order valence-corrected chi connectivity index (χ1v) is 5.97. The maximum atomic E-state index is 5.91. The second-order valence-electron chi connectivity index (χ2n) is 4.04. The highest BCUT2D eigenvalue weighted by atomic mass is 35.5. The zero-order valence-corrected chi connectivity index (χ0v) is 10.5. The van der Waals surface area contributed by atoms with Gasteiger partial charge in [-0.25, -0.2) is 9.97 Å². The molecular formula is C14H10ClN3. The van der Waals surface area contributed by atoms with Crippen LogP contribution in [0.4, 0.5) is 0 Å². The normalized spacial score (nSPS) is 10.8. The molecule has 0 radical (unpaired) electrons. The van der Waals surface area contributed by atoms with Crippen LogP contribution in [0.2, 0.25) is 5.28 Å². The number of halogens is 1. The van der Waals surface area contributed by atoms with Crippen molar-refractivity contribution < 1.29 is 0 Å². The van der Waals surface area contributed by atoms with Gasteiger partial charge in [0, 0.05) is 22.8 Å². The first-order chi connectivity index (χ1) is 8.74. The Morgan fingerprint density at radius 3 is 2.72 bits per heavy atom. The number of aryl methyl sites for hydroxylation is 1. The molecule has 0 aliphatic heterocycles. The Hall–Kier alpha value is -2.00. The topological polar surface area (TPSA) is 38.7 Å². The Morgan fingerprint density at radius 1 is 1.06 bits per heavy atom. The molecule has 0 bridgehead atoms. The van der Waals surface area contributed by atoms with Gasteiger partial charge in [0.25, 0.3) is 0 Å². The van der Waals surface area contributed by atoms with Crippen LogP contribution in [0.5, 0.6) is 0 Å². The number of hydrogen-bond donors (Lipinski definition) is 0. The summed E-state index contributed by atoms with van der Waals surface area (Å²) >= 11 is 5.91. The van der Waals surface area contributed by atoms with Crippen LogP contribution in [0.3, 0.4) is 0 Å². The number of pyridine rings is 1. The van der Waals surface area contributed by atoms with Crippen molar-refractivity contribution >= 4 is 22.5 Å². The number of aromatic nitrogens is 3. The molecule has 3 nitrogen and oxygen atoms in total. The SMILES string of the molecule is Cc1cc(-c2cccc3cccnc23)nc(Cl)n1. The van der Waals surface area contributed by atoms with Crippen molar-refractivity contribution in [3.63, 3.8) is 0 Å². The molecule has 2 heterocycles. The van der Waals surface area contributed by atoms with Crippen LogP contribution in [-0.4, -0.2) is 15.0 Å². The molecule has 0 saturated carbocycles. The van der Waals surface area contributed by atoms with Gasteiger partial charge in [0.15, 0.2) is 0 Å². The molecule has 0 unspecified atom stereocenters. The predicted molar refractivity (Wildman–Crippen MR) is 72.5 cm³/mol. The first-order valence-electron chi connectivity index (χ1n) is 5.59. The van der Waals surface area contributed by atoms with Crippen LogP contribution < -0.4 is 0 Å². The van der Waals surface area contributed by atoms with E-state index in [1.807, 2.05) is 43.3 Å². The molecule has 0 aliphatic carbocycles. The smallest absolute Gasteiger partial charge is 0.223 e. The molecule has 3 rings (SSSR count). The van der Waals surface area contributed by atoms with Gasteiger partial charge in [-0.1, -0.05) is 24.3 Å². The second-order valence-corrected chi connectivity index (χ2v) is 4.38. The number of rotatable bonds is 1. The van der Waals surface area contributed by atoms with Crippen molar-refractivity contribution in [2.24, 2.45) is 0 Å². The van der Waals surface area contributed by atoms with Gasteiger partial charge in [0.1, 0.15) is 0 Å². The van der Waals surface area contributed by atoms with E-state index in [0.717, 1.165) is 27.9 Å². The van der Waals surface area contributed by atoms with Gasteiger partial charge in [0.05, 0.1) is 11.2 Å². The average molecular weight is 256 g/mol. The Kier molecular flexibility index (Phi) is 2.68. The Balaban J connectivity index is 2.31. The van der Waals surface area contributed by atoms with Crippen molar-refractivity contribution in [2.75, 3.05) is 0 Å². The molecule has 0 aliphatic rings. The van der Waals surface area contributed by atoms with E-state index in [0.29, 0.717) is 0 Å². The Labute approximate surface area is 109 Å². The van der Waals surface area contributed by atoms with Gasteiger partial charge >= 0.3 is 0 Å². The molecule has 0 N–H and O–H groups in total. The number of benzene rings is 1. The molecule has 0 atom stereocenters.